The molecule has 11 heteroatoms. The van der Waals surface area contributed by atoms with Crippen LogP contribution in [0.4, 0.5) is 9.80 Å². The van der Waals surface area contributed by atoms with Gasteiger partial charge in [-0.25, -0.2) is 14.6 Å². The second-order valence-electron chi connectivity index (χ2n) is 10.7. The molecule has 0 fully saturated rings. The van der Waals surface area contributed by atoms with Gasteiger partial charge in [-0.15, -0.1) is 22.7 Å². The molecule has 0 saturated heterocycles. The summed E-state index contributed by atoms with van der Waals surface area (Å²) < 4.78 is 6.45. The number of carbonyl (C=O) groups excluding carboxylic acids is 2. The number of benzene rings is 1. The van der Waals surface area contributed by atoms with Gasteiger partial charge in [0.1, 0.15) is 15.6 Å². The fourth-order valence-corrected chi connectivity index (χ4v) is 6.46. The van der Waals surface area contributed by atoms with Gasteiger partial charge in [0.15, 0.2) is 0 Å². The minimum Gasteiger partial charge on any atom is -0.478 e. The van der Waals surface area contributed by atoms with E-state index in [1.54, 1.807) is 23.1 Å². The molecule has 0 saturated carbocycles. The number of nitrogens with zero attached hydrogens (tertiary/aromatic N) is 3. The topological polar surface area (TPSA) is 112 Å². The minimum atomic E-state index is -1.00. The highest BCUT2D eigenvalue weighted by Crippen LogP contribution is 2.46. The first-order valence-electron chi connectivity index (χ1n) is 12.6. The zero-order chi connectivity index (χ0) is 27.8. The number of ether oxygens (including phenoxy) is 1. The van der Waals surface area contributed by atoms with Gasteiger partial charge in [-0.2, -0.15) is 0 Å². The average Bonchev–Trinajstić information content (AvgIpc) is 3.40. The Morgan fingerprint density at radius 3 is 2.63 bits per heavy atom. The smallest absolute Gasteiger partial charge is 0.410 e. The van der Waals surface area contributed by atoms with E-state index in [4.69, 9.17) is 9.72 Å². The van der Waals surface area contributed by atoms with E-state index in [2.05, 4.69) is 24.1 Å². The monoisotopic (exact) mass is 558 g/mol. The van der Waals surface area contributed by atoms with Crippen molar-refractivity contribution in [1.29, 1.82) is 0 Å². The van der Waals surface area contributed by atoms with Crippen molar-refractivity contribution in [2.45, 2.75) is 65.6 Å². The number of amides is 2. The SMILES string of the molecule is CC(C)N(C)CCC(=O)Nc1sc2c(c1-c1nc3cc(C(=O)O)ccc3s1)CCN(C(=O)OC(C)(C)C)C2. The lowest BCUT2D eigenvalue weighted by atomic mass is 10.0. The highest BCUT2D eigenvalue weighted by molar-refractivity contribution is 7.23. The highest BCUT2D eigenvalue weighted by Gasteiger charge is 2.31. The van der Waals surface area contributed by atoms with Crippen molar-refractivity contribution < 1.29 is 24.2 Å². The third-order valence-corrected chi connectivity index (χ3v) is 8.57. The lowest BCUT2D eigenvalue weighted by molar-refractivity contribution is -0.116. The quantitative estimate of drug-likeness (QED) is 0.383. The Balaban J connectivity index is 1.68. The van der Waals surface area contributed by atoms with Crippen LogP contribution in [0, 0.1) is 0 Å². The molecule has 0 spiro atoms. The van der Waals surface area contributed by atoms with Gasteiger partial charge in [0, 0.05) is 36.0 Å². The van der Waals surface area contributed by atoms with E-state index < -0.39 is 11.6 Å². The maximum absolute atomic E-state index is 13.0. The van der Waals surface area contributed by atoms with Crippen LogP contribution in [0.3, 0.4) is 0 Å². The normalized spacial score (nSPS) is 13.7. The summed E-state index contributed by atoms with van der Waals surface area (Å²) in [7, 11) is 1.99. The molecule has 1 aliphatic rings. The third-order valence-electron chi connectivity index (χ3n) is 6.38. The molecule has 38 heavy (non-hydrogen) atoms. The van der Waals surface area contributed by atoms with Crippen molar-refractivity contribution in [2.75, 3.05) is 25.5 Å². The van der Waals surface area contributed by atoms with Crippen LogP contribution in [0.15, 0.2) is 18.2 Å². The molecular weight excluding hydrogens is 524 g/mol. The van der Waals surface area contributed by atoms with Crippen molar-refractivity contribution in [3.63, 3.8) is 0 Å². The van der Waals surface area contributed by atoms with Crippen LogP contribution < -0.4 is 5.32 Å². The number of thiophene rings is 1. The predicted molar refractivity (Wildman–Crippen MR) is 151 cm³/mol. The van der Waals surface area contributed by atoms with E-state index >= 15 is 0 Å². The van der Waals surface area contributed by atoms with E-state index in [-0.39, 0.29) is 17.6 Å². The zero-order valence-corrected chi connectivity index (χ0v) is 24.2. The Bertz CT molecular complexity index is 1370. The first kappa shape index (κ1) is 28.0. The van der Waals surface area contributed by atoms with E-state index in [1.165, 1.54) is 22.7 Å². The first-order valence-corrected chi connectivity index (χ1v) is 14.2. The van der Waals surface area contributed by atoms with Crippen LogP contribution in [-0.4, -0.2) is 69.6 Å². The van der Waals surface area contributed by atoms with Gasteiger partial charge in [0.25, 0.3) is 0 Å². The third kappa shape index (κ3) is 6.33. The maximum Gasteiger partial charge on any atom is 0.410 e. The Hall–Kier alpha value is -3.02. The van der Waals surface area contributed by atoms with Gasteiger partial charge < -0.3 is 25.0 Å². The maximum atomic E-state index is 13.0. The van der Waals surface area contributed by atoms with Crippen LogP contribution in [0.1, 0.15) is 61.8 Å². The number of fused-ring (bicyclic) bond motifs is 2. The van der Waals surface area contributed by atoms with Crippen molar-refractivity contribution in [1.82, 2.24) is 14.8 Å². The Kier molecular flexibility index (Phi) is 8.10. The van der Waals surface area contributed by atoms with Crippen molar-refractivity contribution in [2.24, 2.45) is 0 Å². The van der Waals surface area contributed by atoms with E-state index in [0.29, 0.717) is 49.0 Å². The lowest BCUT2D eigenvalue weighted by Crippen LogP contribution is -2.39. The number of anilines is 1. The number of hydrogen-bond donors (Lipinski definition) is 2. The van der Waals surface area contributed by atoms with Crippen molar-refractivity contribution in [3.8, 4) is 10.6 Å². The van der Waals surface area contributed by atoms with Crippen molar-refractivity contribution >= 4 is 55.9 Å². The van der Waals surface area contributed by atoms with Gasteiger partial charge in [-0.05, 0) is 71.8 Å². The van der Waals surface area contributed by atoms with E-state index in [9.17, 15) is 19.5 Å². The minimum absolute atomic E-state index is 0.0874. The molecule has 0 radical (unpaired) electrons. The van der Waals surface area contributed by atoms with E-state index in [1.807, 2.05) is 27.8 Å². The molecule has 1 aliphatic heterocycles. The van der Waals surface area contributed by atoms with Gasteiger partial charge >= 0.3 is 12.1 Å². The summed E-state index contributed by atoms with van der Waals surface area (Å²) >= 11 is 2.92. The Morgan fingerprint density at radius 2 is 1.97 bits per heavy atom. The fourth-order valence-electron chi connectivity index (χ4n) is 4.09. The number of rotatable bonds is 7. The van der Waals surface area contributed by atoms with Crippen molar-refractivity contribution in [3.05, 3.63) is 34.2 Å². The van der Waals surface area contributed by atoms with Gasteiger partial charge in [-0.3, -0.25) is 4.79 Å². The van der Waals surface area contributed by atoms with E-state index in [0.717, 1.165) is 25.7 Å². The zero-order valence-electron chi connectivity index (χ0n) is 22.6. The number of nitrogens with one attached hydrogen (secondary N) is 1. The fraction of sp³-hybridized carbons (Fsp3) is 0.481. The largest absolute Gasteiger partial charge is 0.478 e. The standard InChI is InChI=1S/C27H34N4O5S2/c1-15(2)30(6)11-10-21(32)29-24-22(23-28-18-13-16(25(33)34)7-8-19(18)37-23)17-9-12-31(14-20(17)38-24)26(35)36-27(3,4)5/h7-8,13,15H,9-12,14H2,1-6H3,(H,29,32)(H,33,34). The molecule has 2 aromatic heterocycles. The summed E-state index contributed by atoms with van der Waals surface area (Å²) in [5.74, 6) is -1.09. The second-order valence-corrected chi connectivity index (χ2v) is 12.9. The Labute approximate surface area is 230 Å². The number of carboxylic acids is 1. The number of hydrogen-bond acceptors (Lipinski definition) is 8. The van der Waals surface area contributed by atoms with Crippen LogP contribution in [-0.2, 0) is 22.5 Å². The molecule has 2 N–H and O–H groups in total. The van der Waals surface area contributed by atoms with Gasteiger partial charge in [0.05, 0.1) is 22.3 Å². The summed E-state index contributed by atoms with van der Waals surface area (Å²) in [6, 6.07) is 5.25. The summed E-state index contributed by atoms with van der Waals surface area (Å²) in [6.45, 7) is 11.2. The summed E-state index contributed by atoms with van der Waals surface area (Å²) in [4.78, 5) is 46.7. The summed E-state index contributed by atoms with van der Waals surface area (Å²) in [5, 5.41) is 13.9. The number of aromatic carboxylic acids is 1. The highest BCUT2D eigenvalue weighted by atomic mass is 32.1. The Morgan fingerprint density at radius 1 is 1.24 bits per heavy atom. The molecule has 2 amide bonds. The second kappa shape index (κ2) is 11.0. The molecule has 204 valence electrons. The molecule has 4 rings (SSSR count). The number of thiazole rings is 1. The first-order chi connectivity index (χ1) is 17.8. The van der Waals surface area contributed by atoms with Crippen LogP contribution >= 0.6 is 22.7 Å². The lowest BCUT2D eigenvalue weighted by Gasteiger charge is -2.30. The molecule has 0 atom stereocenters. The molecule has 1 aromatic carbocycles. The summed E-state index contributed by atoms with van der Waals surface area (Å²) in [6.07, 6.45) is 0.590. The molecular formula is C27H34N4O5S2. The number of aromatic nitrogens is 1. The molecule has 3 aromatic rings. The van der Waals surface area contributed by atoms with Crippen LogP contribution in [0.2, 0.25) is 0 Å². The average molecular weight is 559 g/mol. The van der Waals surface area contributed by atoms with Gasteiger partial charge in [-0.1, -0.05) is 0 Å². The predicted octanol–water partition coefficient (Wildman–Crippen LogP) is 5.69. The number of carboxylic acid groups (broad SMARTS) is 1. The molecule has 0 bridgehead atoms. The summed E-state index contributed by atoms with van der Waals surface area (Å²) in [5.41, 5.74) is 2.11. The molecule has 9 nitrogen and oxygen atoms in total. The van der Waals surface area contributed by atoms with Crippen LogP contribution in [0.25, 0.3) is 20.8 Å². The molecule has 3 heterocycles. The van der Waals surface area contributed by atoms with Crippen LogP contribution in [0.5, 0.6) is 0 Å². The number of carbonyl (C=O) groups is 3. The van der Waals surface area contributed by atoms with Gasteiger partial charge in [0.2, 0.25) is 5.91 Å². The molecule has 0 aliphatic carbocycles. The molecule has 0 unspecified atom stereocenters.